The maximum Gasteiger partial charge on any atom is 0.302 e. The van der Waals surface area contributed by atoms with E-state index in [4.69, 9.17) is 11.2 Å². The zero-order chi connectivity index (χ0) is 13.4. The zero-order valence-corrected chi connectivity index (χ0v) is 10.6. The van der Waals surface area contributed by atoms with Gasteiger partial charge < -0.3 is 9.84 Å². The van der Waals surface area contributed by atoms with Crippen LogP contribution in [0.25, 0.3) is 0 Å². The molecule has 0 fully saturated rings. The molecule has 1 rings (SSSR count). The molecule has 18 heavy (non-hydrogen) atoms. The van der Waals surface area contributed by atoms with E-state index in [-0.39, 0.29) is 19.2 Å². The summed E-state index contributed by atoms with van der Waals surface area (Å²) in [4.78, 5) is 10.9. The Bertz CT molecular complexity index is 419. The summed E-state index contributed by atoms with van der Waals surface area (Å²) in [7, 11) is 0. The van der Waals surface area contributed by atoms with Crippen molar-refractivity contribution in [2.75, 3.05) is 13.2 Å². The van der Waals surface area contributed by atoms with Crippen LogP contribution in [0, 0.1) is 17.8 Å². The predicted molar refractivity (Wildman–Crippen MR) is 69.7 cm³/mol. The maximum atomic E-state index is 10.9. The highest BCUT2D eigenvalue weighted by molar-refractivity contribution is 5.65. The van der Waals surface area contributed by atoms with E-state index in [9.17, 15) is 9.90 Å². The summed E-state index contributed by atoms with van der Waals surface area (Å²) >= 11 is 0. The molecule has 1 atom stereocenters. The van der Waals surface area contributed by atoms with Crippen LogP contribution < -0.4 is 0 Å². The lowest BCUT2D eigenvalue weighted by Gasteiger charge is -2.29. The first-order valence-corrected chi connectivity index (χ1v) is 5.83. The molecule has 1 aromatic carbocycles. The summed E-state index contributed by atoms with van der Waals surface area (Å²) in [5, 5.41) is 9.59. The second kappa shape index (κ2) is 6.83. The first-order chi connectivity index (χ1) is 8.62. The van der Waals surface area contributed by atoms with Crippen molar-refractivity contribution in [3.63, 3.8) is 0 Å². The van der Waals surface area contributed by atoms with Crippen LogP contribution in [0.3, 0.4) is 0 Å². The summed E-state index contributed by atoms with van der Waals surface area (Å²) in [5.41, 5.74) is 0.468. The van der Waals surface area contributed by atoms with Gasteiger partial charge in [0.15, 0.2) is 0 Å². The van der Waals surface area contributed by atoms with Crippen LogP contribution in [0.15, 0.2) is 30.3 Å². The largest absolute Gasteiger partial charge is 0.465 e. The Labute approximate surface area is 108 Å². The monoisotopic (exact) mass is 246 g/mol. The number of hydrogen-bond acceptors (Lipinski definition) is 3. The Balaban J connectivity index is 2.82. The van der Waals surface area contributed by atoms with Crippen LogP contribution in [0.2, 0.25) is 0 Å². The quantitative estimate of drug-likeness (QED) is 0.615. The first kappa shape index (κ1) is 14.3. The van der Waals surface area contributed by atoms with Crippen LogP contribution in [0.1, 0.15) is 18.9 Å². The standard InChI is InChI=1S/C15H18O3/c1-3-9-15(11-16,12-18-13(2)17)10-14-7-5-4-6-8-14/h1,4-8,16H,9-12H2,2H3. The molecule has 0 heterocycles. The van der Waals surface area contributed by atoms with Crippen molar-refractivity contribution in [1.82, 2.24) is 0 Å². The van der Waals surface area contributed by atoms with Crippen molar-refractivity contribution in [1.29, 1.82) is 0 Å². The van der Waals surface area contributed by atoms with Crippen molar-refractivity contribution in [3.05, 3.63) is 35.9 Å². The minimum absolute atomic E-state index is 0.112. The molecule has 1 N–H and O–H groups in total. The number of carbonyl (C=O) groups is 1. The number of benzene rings is 1. The Kier molecular flexibility index (Phi) is 5.41. The van der Waals surface area contributed by atoms with Gasteiger partial charge in [-0.25, -0.2) is 0 Å². The van der Waals surface area contributed by atoms with Gasteiger partial charge in [-0.1, -0.05) is 30.3 Å². The summed E-state index contributed by atoms with van der Waals surface area (Å²) in [6.45, 7) is 1.37. The van der Waals surface area contributed by atoms with Gasteiger partial charge >= 0.3 is 5.97 Å². The van der Waals surface area contributed by atoms with Crippen molar-refractivity contribution in [3.8, 4) is 12.3 Å². The highest BCUT2D eigenvalue weighted by Gasteiger charge is 2.30. The van der Waals surface area contributed by atoms with Crippen LogP contribution >= 0.6 is 0 Å². The summed E-state index contributed by atoms with van der Waals surface area (Å²) in [5.74, 6) is 2.19. The van der Waals surface area contributed by atoms with E-state index in [0.29, 0.717) is 12.8 Å². The van der Waals surface area contributed by atoms with Gasteiger partial charge in [0.1, 0.15) is 6.61 Å². The molecule has 1 aromatic rings. The molecule has 0 bridgehead atoms. The Morgan fingerprint density at radius 1 is 1.44 bits per heavy atom. The van der Waals surface area contributed by atoms with Gasteiger partial charge in [-0.2, -0.15) is 0 Å². The Hall–Kier alpha value is -1.79. The first-order valence-electron chi connectivity index (χ1n) is 5.83. The highest BCUT2D eigenvalue weighted by atomic mass is 16.5. The molecule has 0 radical (unpaired) electrons. The number of terminal acetylenes is 1. The van der Waals surface area contributed by atoms with E-state index in [1.54, 1.807) is 0 Å². The van der Waals surface area contributed by atoms with Crippen LogP contribution in [0.4, 0.5) is 0 Å². The number of aliphatic hydroxyl groups is 1. The van der Waals surface area contributed by atoms with Crippen LogP contribution in [-0.2, 0) is 16.0 Å². The van der Waals surface area contributed by atoms with Crippen molar-refractivity contribution in [2.45, 2.75) is 19.8 Å². The molecule has 0 saturated carbocycles. The topological polar surface area (TPSA) is 46.5 Å². The van der Waals surface area contributed by atoms with Gasteiger partial charge in [-0.3, -0.25) is 4.79 Å². The second-order valence-corrected chi connectivity index (χ2v) is 4.48. The van der Waals surface area contributed by atoms with Gasteiger partial charge in [0.05, 0.1) is 6.61 Å². The van der Waals surface area contributed by atoms with Gasteiger partial charge in [0.25, 0.3) is 0 Å². The average Bonchev–Trinajstić information content (AvgIpc) is 2.37. The van der Waals surface area contributed by atoms with Crippen molar-refractivity contribution < 1.29 is 14.6 Å². The number of ether oxygens (including phenoxy) is 1. The van der Waals surface area contributed by atoms with E-state index >= 15 is 0 Å². The summed E-state index contributed by atoms with van der Waals surface area (Å²) in [6.07, 6.45) is 6.30. The van der Waals surface area contributed by atoms with Gasteiger partial charge in [-0.15, -0.1) is 12.3 Å². The summed E-state index contributed by atoms with van der Waals surface area (Å²) < 4.78 is 5.03. The normalized spacial score (nSPS) is 13.4. The number of esters is 1. The Morgan fingerprint density at radius 3 is 2.61 bits per heavy atom. The van der Waals surface area contributed by atoms with Gasteiger partial charge in [-0.05, 0) is 12.0 Å². The third-order valence-electron chi connectivity index (χ3n) is 2.82. The van der Waals surface area contributed by atoms with Crippen molar-refractivity contribution >= 4 is 5.97 Å². The zero-order valence-electron chi connectivity index (χ0n) is 10.6. The molecule has 0 aliphatic rings. The Morgan fingerprint density at radius 2 is 2.11 bits per heavy atom. The second-order valence-electron chi connectivity index (χ2n) is 4.48. The van der Waals surface area contributed by atoms with Crippen LogP contribution in [-0.4, -0.2) is 24.3 Å². The fourth-order valence-electron chi connectivity index (χ4n) is 1.82. The number of hydrogen-bond donors (Lipinski definition) is 1. The molecular formula is C15H18O3. The molecule has 0 spiro atoms. The predicted octanol–water partition coefficient (Wildman–Crippen LogP) is 1.79. The lowest BCUT2D eigenvalue weighted by Crippen LogP contribution is -2.34. The van der Waals surface area contributed by atoms with Crippen LogP contribution in [0.5, 0.6) is 0 Å². The molecule has 0 amide bonds. The molecular weight excluding hydrogens is 228 g/mol. The van der Waals surface area contributed by atoms with E-state index in [2.05, 4.69) is 5.92 Å². The third-order valence-corrected chi connectivity index (χ3v) is 2.82. The molecule has 0 aromatic heterocycles. The fraction of sp³-hybridized carbons (Fsp3) is 0.400. The molecule has 1 unspecified atom stereocenters. The number of aliphatic hydroxyl groups excluding tert-OH is 1. The number of rotatable bonds is 6. The molecule has 3 nitrogen and oxygen atoms in total. The van der Waals surface area contributed by atoms with E-state index in [1.165, 1.54) is 6.92 Å². The number of carbonyl (C=O) groups excluding carboxylic acids is 1. The van der Waals surface area contributed by atoms with E-state index in [1.807, 2.05) is 30.3 Å². The summed E-state index contributed by atoms with van der Waals surface area (Å²) in [6, 6.07) is 9.72. The molecule has 0 aliphatic heterocycles. The highest BCUT2D eigenvalue weighted by Crippen LogP contribution is 2.27. The molecule has 96 valence electrons. The van der Waals surface area contributed by atoms with Gasteiger partial charge in [0.2, 0.25) is 0 Å². The minimum atomic E-state index is -0.595. The fourth-order valence-corrected chi connectivity index (χ4v) is 1.82. The van der Waals surface area contributed by atoms with E-state index < -0.39 is 5.41 Å². The minimum Gasteiger partial charge on any atom is -0.465 e. The smallest absolute Gasteiger partial charge is 0.302 e. The van der Waals surface area contributed by atoms with E-state index in [0.717, 1.165) is 5.56 Å². The molecule has 0 saturated heterocycles. The van der Waals surface area contributed by atoms with Gasteiger partial charge in [0, 0.05) is 18.8 Å². The molecule has 3 heteroatoms. The SMILES string of the molecule is C#CCC(CO)(COC(C)=O)Cc1ccccc1. The maximum absolute atomic E-state index is 10.9. The average molecular weight is 246 g/mol. The lowest BCUT2D eigenvalue weighted by molar-refractivity contribution is -0.145. The lowest BCUT2D eigenvalue weighted by atomic mass is 9.80. The third kappa shape index (κ3) is 4.23. The molecule has 0 aliphatic carbocycles. The van der Waals surface area contributed by atoms with Crippen molar-refractivity contribution in [2.24, 2.45) is 5.41 Å².